The molecule has 2 rings (SSSR count). The van der Waals surface area contributed by atoms with E-state index >= 15 is 0 Å². The lowest BCUT2D eigenvalue weighted by molar-refractivity contribution is -0.385. The van der Waals surface area contributed by atoms with Gasteiger partial charge < -0.3 is 0 Å². The summed E-state index contributed by atoms with van der Waals surface area (Å²) in [6, 6.07) is 12.6. The van der Waals surface area contributed by atoms with Crippen LogP contribution in [0.2, 0.25) is 5.02 Å². The fourth-order valence-corrected chi connectivity index (χ4v) is 1.81. The zero-order chi connectivity index (χ0) is 15.2. The summed E-state index contributed by atoms with van der Waals surface area (Å²) in [6.07, 6.45) is 1.37. The van der Waals surface area contributed by atoms with Crippen LogP contribution in [0, 0.1) is 10.1 Å². The number of para-hydroxylation sites is 1. The van der Waals surface area contributed by atoms with Gasteiger partial charge in [0.25, 0.3) is 11.6 Å². The number of hydrogen-bond acceptors (Lipinski definition) is 4. The Balaban J connectivity index is 2.13. The quantitative estimate of drug-likeness (QED) is 0.535. The van der Waals surface area contributed by atoms with E-state index in [0.717, 1.165) is 0 Å². The maximum absolute atomic E-state index is 11.9. The molecule has 1 amide bonds. The molecule has 0 spiro atoms. The van der Waals surface area contributed by atoms with Crippen molar-refractivity contribution >= 4 is 29.4 Å². The highest BCUT2D eigenvalue weighted by Crippen LogP contribution is 2.17. The van der Waals surface area contributed by atoms with Crippen LogP contribution in [-0.2, 0) is 0 Å². The lowest BCUT2D eigenvalue weighted by Gasteiger charge is -2.01. The van der Waals surface area contributed by atoms with Gasteiger partial charge in [0.2, 0.25) is 0 Å². The number of hydrazone groups is 1. The predicted molar refractivity (Wildman–Crippen MR) is 79.6 cm³/mol. The summed E-state index contributed by atoms with van der Waals surface area (Å²) < 4.78 is 0. The minimum absolute atomic E-state index is 0.0567. The highest BCUT2D eigenvalue weighted by Gasteiger charge is 2.18. The van der Waals surface area contributed by atoms with Gasteiger partial charge in [0.1, 0.15) is 5.56 Å². The minimum atomic E-state index is -0.661. The Labute approximate surface area is 125 Å². The van der Waals surface area contributed by atoms with Crippen LogP contribution >= 0.6 is 11.6 Å². The molecule has 0 unspecified atom stereocenters. The first-order chi connectivity index (χ1) is 10.1. The first kappa shape index (κ1) is 14.7. The Kier molecular flexibility index (Phi) is 4.63. The Hall–Kier alpha value is -2.73. The first-order valence-electron chi connectivity index (χ1n) is 5.91. The number of carbonyl (C=O) groups is 1. The molecule has 21 heavy (non-hydrogen) atoms. The average molecular weight is 304 g/mol. The standard InChI is InChI=1S/C14H10ClN3O3/c15-12-7-3-1-5-10(12)9-16-17-14(19)11-6-2-4-8-13(11)18(20)21/h1-9H,(H,17,19)/b16-9-. The molecule has 0 bridgehead atoms. The zero-order valence-electron chi connectivity index (χ0n) is 10.7. The van der Waals surface area contributed by atoms with E-state index in [0.29, 0.717) is 10.6 Å². The number of rotatable bonds is 4. The summed E-state index contributed by atoms with van der Waals surface area (Å²) in [5.41, 5.74) is 2.53. The van der Waals surface area contributed by atoms with Crippen LogP contribution in [0.25, 0.3) is 0 Å². The Morgan fingerprint density at radius 1 is 1.19 bits per heavy atom. The smallest absolute Gasteiger partial charge is 0.267 e. The number of nitrogens with zero attached hydrogens (tertiary/aromatic N) is 2. The average Bonchev–Trinajstić information content (AvgIpc) is 2.49. The predicted octanol–water partition coefficient (Wildman–Crippen LogP) is 3.01. The number of nitro benzene ring substituents is 1. The highest BCUT2D eigenvalue weighted by molar-refractivity contribution is 6.33. The second-order valence-electron chi connectivity index (χ2n) is 3.99. The lowest BCUT2D eigenvalue weighted by atomic mass is 10.2. The summed E-state index contributed by atoms with van der Waals surface area (Å²) in [5.74, 6) is -0.661. The molecule has 6 nitrogen and oxygen atoms in total. The lowest BCUT2D eigenvalue weighted by Crippen LogP contribution is -2.18. The number of hydrogen-bond donors (Lipinski definition) is 1. The molecule has 0 atom stereocenters. The Morgan fingerprint density at radius 3 is 2.57 bits per heavy atom. The number of benzene rings is 2. The van der Waals surface area contributed by atoms with Crippen LogP contribution < -0.4 is 5.43 Å². The van der Waals surface area contributed by atoms with Crippen LogP contribution in [0.15, 0.2) is 53.6 Å². The molecule has 0 aliphatic carbocycles. The molecule has 106 valence electrons. The largest absolute Gasteiger partial charge is 0.282 e. The van der Waals surface area contributed by atoms with Crippen molar-refractivity contribution in [1.29, 1.82) is 0 Å². The van der Waals surface area contributed by atoms with Gasteiger partial charge in [0.15, 0.2) is 0 Å². The van der Waals surface area contributed by atoms with Crippen molar-refractivity contribution in [2.24, 2.45) is 5.10 Å². The van der Waals surface area contributed by atoms with Crippen LogP contribution in [0.4, 0.5) is 5.69 Å². The van der Waals surface area contributed by atoms with Gasteiger partial charge >= 0.3 is 0 Å². The third-order valence-corrected chi connectivity index (χ3v) is 2.96. The van der Waals surface area contributed by atoms with Crippen molar-refractivity contribution in [3.63, 3.8) is 0 Å². The molecule has 0 aromatic heterocycles. The van der Waals surface area contributed by atoms with E-state index in [2.05, 4.69) is 10.5 Å². The van der Waals surface area contributed by atoms with Crippen LogP contribution in [-0.4, -0.2) is 17.0 Å². The van der Waals surface area contributed by atoms with Crippen molar-refractivity contribution in [3.05, 3.63) is 74.8 Å². The molecule has 0 heterocycles. The SMILES string of the molecule is O=C(N/N=C\c1ccccc1Cl)c1ccccc1[N+](=O)[O-]. The summed E-state index contributed by atoms with van der Waals surface area (Å²) >= 11 is 5.93. The minimum Gasteiger partial charge on any atom is -0.267 e. The van der Waals surface area contributed by atoms with Gasteiger partial charge in [0.05, 0.1) is 11.1 Å². The van der Waals surface area contributed by atoms with Gasteiger partial charge in [-0.25, -0.2) is 5.43 Å². The van der Waals surface area contributed by atoms with Crippen molar-refractivity contribution in [2.45, 2.75) is 0 Å². The number of nitro groups is 1. The van der Waals surface area contributed by atoms with Crippen LogP contribution in [0.1, 0.15) is 15.9 Å². The maximum Gasteiger partial charge on any atom is 0.282 e. The Morgan fingerprint density at radius 2 is 1.86 bits per heavy atom. The molecule has 0 saturated carbocycles. The van der Waals surface area contributed by atoms with E-state index in [-0.39, 0.29) is 11.3 Å². The van der Waals surface area contributed by atoms with Gasteiger partial charge in [-0.05, 0) is 12.1 Å². The van der Waals surface area contributed by atoms with E-state index in [1.54, 1.807) is 30.3 Å². The second-order valence-corrected chi connectivity index (χ2v) is 4.40. The van der Waals surface area contributed by atoms with Crippen molar-refractivity contribution in [2.75, 3.05) is 0 Å². The van der Waals surface area contributed by atoms with Crippen molar-refractivity contribution in [3.8, 4) is 0 Å². The zero-order valence-corrected chi connectivity index (χ0v) is 11.4. The van der Waals surface area contributed by atoms with E-state index in [1.807, 2.05) is 0 Å². The summed E-state index contributed by atoms with van der Waals surface area (Å²) in [5, 5.41) is 15.1. The van der Waals surface area contributed by atoms with E-state index in [1.165, 1.54) is 24.4 Å². The topological polar surface area (TPSA) is 84.6 Å². The summed E-state index contributed by atoms with van der Waals surface area (Å²) in [4.78, 5) is 22.1. The molecule has 2 aromatic rings. The number of halogens is 1. The monoisotopic (exact) mass is 303 g/mol. The van der Waals surface area contributed by atoms with Gasteiger partial charge in [-0.1, -0.05) is 41.9 Å². The molecule has 0 radical (unpaired) electrons. The molecule has 7 heteroatoms. The highest BCUT2D eigenvalue weighted by atomic mass is 35.5. The van der Waals surface area contributed by atoms with Gasteiger partial charge in [-0.3, -0.25) is 14.9 Å². The molecule has 0 aliphatic heterocycles. The van der Waals surface area contributed by atoms with Crippen molar-refractivity contribution in [1.82, 2.24) is 5.43 Å². The van der Waals surface area contributed by atoms with Crippen LogP contribution in [0.5, 0.6) is 0 Å². The van der Waals surface area contributed by atoms with E-state index in [9.17, 15) is 14.9 Å². The molecule has 1 N–H and O–H groups in total. The number of carbonyl (C=O) groups excluding carboxylic acids is 1. The molecule has 2 aromatic carbocycles. The van der Waals surface area contributed by atoms with Gasteiger partial charge in [0, 0.05) is 16.7 Å². The number of amides is 1. The third-order valence-electron chi connectivity index (χ3n) is 2.62. The van der Waals surface area contributed by atoms with Crippen LogP contribution in [0.3, 0.4) is 0 Å². The fraction of sp³-hybridized carbons (Fsp3) is 0. The molecular formula is C14H10ClN3O3. The normalized spacial score (nSPS) is 10.5. The molecule has 0 fully saturated rings. The fourth-order valence-electron chi connectivity index (χ4n) is 1.63. The Bertz CT molecular complexity index is 716. The maximum atomic E-state index is 11.9. The first-order valence-corrected chi connectivity index (χ1v) is 6.29. The molecule has 0 aliphatic rings. The van der Waals surface area contributed by atoms with E-state index < -0.39 is 10.8 Å². The third kappa shape index (κ3) is 3.64. The van der Waals surface area contributed by atoms with Gasteiger partial charge in [-0.2, -0.15) is 5.10 Å². The molecule has 0 saturated heterocycles. The summed E-state index contributed by atoms with van der Waals surface area (Å²) in [6.45, 7) is 0. The van der Waals surface area contributed by atoms with Gasteiger partial charge in [-0.15, -0.1) is 0 Å². The second kappa shape index (κ2) is 6.62. The summed E-state index contributed by atoms with van der Waals surface area (Å²) in [7, 11) is 0. The molecular weight excluding hydrogens is 294 g/mol. The number of nitrogens with one attached hydrogen (secondary N) is 1. The van der Waals surface area contributed by atoms with Crippen molar-refractivity contribution < 1.29 is 9.72 Å². The van der Waals surface area contributed by atoms with E-state index in [4.69, 9.17) is 11.6 Å².